The lowest BCUT2D eigenvalue weighted by atomic mass is 9.91. The van der Waals surface area contributed by atoms with Crippen LogP contribution in [0, 0.1) is 0 Å². The van der Waals surface area contributed by atoms with E-state index in [1.165, 1.54) is 11.3 Å². The van der Waals surface area contributed by atoms with Crippen LogP contribution in [0.5, 0.6) is 0 Å². The van der Waals surface area contributed by atoms with Gasteiger partial charge in [-0.3, -0.25) is 0 Å². The molecule has 1 amide bonds. The summed E-state index contributed by atoms with van der Waals surface area (Å²) in [5.41, 5.74) is -0.433. The molecule has 1 aliphatic carbocycles. The highest BCUT2D eigenvalue weighted by Crippen LogP contribution is 2.19. The van der Waals surface area contributed by atoms with Crippen LogP contribution in [-0.2, 0) is 11.2 Å². The molecule has 0 spiro atoms. The summed E-state index contributed by atoms with van der Waals surface area (Å²) < 4.78 is 5.34. The van der Waals surface area contributed by atoms with Gasteiger partial charge >= 0.3 is 6.09 Å². The highest BCUT2D eigenvalue weighted by molar-refractivity contribution is 7.09. The standard InChI is InChI=1S/C17H28N2O2S/c1-17(2,3)21-16(20)19-14-7-4-6-13(12-14)18-10-9-15-8-5-11-22-15/h5,8,11,13-14,18H,4,6-7,9-10,12H2,1-3H3,(H,19,20). The van der Waals surface area contributed by atoms with Crippen molar-refractivity contribution in [1.29, 1.82) is 0 Å². The minimum absolute atomic E-state index is 0.225. The Morgan fingerprint density at radius 1 is 1.36 bits per heavy atom. The van der Waals surface area contributed by atoms with Crippen LogP contribution in [0.15, 0.2) is 17.5 Å². The average molecular weight is 324 g/mol. The van der Waals surface area contributed by atoms with Gasteiger partial charge in [-0.1, -0.05) is 6.07 Å². The van der Waals surface area contributed by atoms with Crippen molar-refractivity contribution >= 4 is 17.4 Å². The van der Waals surface area contributed by atoms with Gasteiger partial charge in [-0.05, 0) is 64.3 Å². The normalized spacial score (nSPS) is 22.3. The van der Waals surface area contributed by atoms with Gasteiger partial charge in [0.05, 0.1) is 0 Å². The van der Waals surface area contributed by atoms with E-state index in [0.29, 0.717) is 6.04 Å². The molecule has 1 aromatic heterocycles. The molecule has 4 nitrogen and oxygen atoms in total. The Bertz CT molecular complexity index is 454. The van der Waals surface area contributed by atoms with Gasteiger partial charge in [-0.15, -0.1) is 11.3 Å². The fourth-order valence-electron chi connectivity index (χ4n) is 2.83. The van der Waals surface area contributed by atoms with Crippen molar-refractivity contribution in [3.8, 4) is 0 Å². The average Bonchev–Trinajstić information content (AvgIpc) is 2.90. The Morgan fingerprint density at radius 3 is 2.82 bits per heavy atom. The predicted molar refractivity (Wildman–Crippen MR) is 91.4 cm³/mol. The summed E-state index contributed by atoms with van der Waals surface area (Å²) in [6.45, 7) is 6.68. The van der Waals surface area contributed by atoms with Gasteiger partial charge in [0, 0.05) is 23.5 Å². The molecule has 5 heteroatoms. The third-order valence-corrected chi connectivity index (χ3v) is 4.72. The van der Waals surface area contributed by atoms with Crippen LogP contribution in [0.3, 0.4) is 0 Å². The van der Waals surface area contributed by atoms with Gasteiger partial charge in [0.25, 0.3) is 0 Å². The van der Waals surface area contributed by atoms with E-state index in [1.54, 1.807) is 0 Å². The van der Waals surface area contributed by atoms with Crippen molar-refractivity contribution in [2.24, 2.45) is 0 Å². The molecule has 124 valence electrons. The molecule has 1 saturated carbocycles. The van der Waals surface area contributed by atoms with Gasteiger partial charge in [0.2, 0.25) is 0 Å². The van der Waals surface area contributed by atoms with Gasteiger partial charge in [-0.2, -0.15) is 0 Å². The lowest BCUT2D eigenvalue weighted by molar-refractivity contribution is 0.0489. The summed E-state index contributed by atoms with van der Waals surface area (Å²) in [6, 6.07) is 5.00. The Balaban J connectivity index is 1.68. The number of thiophene rings is 1. The minimum Gasteiger partial charge on any atom is -0.444 e. The first-order chi connectivity index (χ1) is 10.4. The number of hydrogen-bond acceptors (Lipinski definition) is 4. The van der Waals surface area contributed by atoms with E-state index in [2.05, 4.69) is 28.1 Å². The van der Waals surface area contributed by atoms with Crippen LogP contribution in [-0.4, -0.2) is 30.3 Å². The maximum Gasteiger partial charge on any atom is 0.407 e. The third kappa shape index (κ3) is 6.36. The first kappa shape index (κ1) is 17.3. The summed E-state index contributed by atoms with van der Waals surface area (Å²) in [5.74, 6) is 0. The van der Waals surface area contributed by atoms with E-state index in [-0.39, 0.29) is 12.1 Å². The molecular weight excluding hydrogens is 296 g/mol. The zero-order valence-corrected chi connectivity index (χ0v) is 14.7. The maximum absolute atomic E-state index is 11.9. The number of alkyl carbamates (subject to hydrolysis) is 1. The molecule has 0 saturated heterocycles. The molecule has 0 bridgehead atoms. The van der Waals surface area contributed by atoms with Crippen LogP contribution in [0.4, 0.5) is 4.79 Å². The SMILES string of the molecule is CC(C)(C)OC(=O)NC1CCCC(NCCc2cccs2)C1. The van der Waals surface area contributed by atoms with Crippen molar-refractivity contribution < 1.29 is 9.53 Å². The zero-order chi connectivity index (χ0) is 16.0. The summed E-state index contributed by atoms with van der Waals surface area (Å²) in [7, 11) is 0. The number of rotatable bonds is 5. The highest BCUT2D eigenvalue weighted by Gasteiger charge is 2.25. The molecule has 2 N–H and O–H groups in total. The number of ether oxygens (including phenoxy) is 1. The van der Waals surface area contributed by atoms with Gasteiger partial charge in [0.1, 0.15) is 5.60 Å². The van der Waals surface area contributed by atoms with Crippen molar-refractivity contribution in [3.63, 3.8) is 0 Å². The Labute approximate surface area is 137 Å². The fourth-order valence-corrected chi connectivity index (χ4v) is 3.54. The van der Waals surface area contributed by atoms with Crippen molar-refractivity contribution in [2.45, 2.75) is 70.6 Å². The van der Waals surface area contributed by atoms with Gasteiger partial charge in [0.15, 0.2) is 0 Å². The Morgan fingerprint density at radius 2 is 2.14 bits per heavy atom. The first-order valence-electron chi connectivity index (χ1n) is 8.17. The van der Waals surface area contributed by atoms with Crippen LogP contribution in [0.1, 0.15) is 51.3 Å². The zero-order valence-electron chi connectivity index (χ0n) is 13.9. The van der Waals surface area contributed by atoms with Gasteiger partial charge < -0.3 is 15.4 Å². The monoisotopic (exact) mass is 324 g/mol. The van der Waals surface area contributed by atoms with Crippen LogP contribution >= 0.6 is 11.3 Å². The summed E-state index contributed by atoms with van der Waals surface area (Å²) in [6.07, 6.45) is 5.16. The van der Waals surface area contributed by atoms with E-state index in [9.17, 15) is 4.79 Å². The molecule has 22 heavy (non-hydrogen) atoms. The van der Waals surface area contributed by atoms with Gasteiger partial charge in [-0.25, -0.2) is 4.79 Å². The minimum atomic E-state index is -0.433. The van der Waals surface area contributed by atoms with Crippen LogP contribution in [0.25, 0.3) is 0 Å². The third-order valence-electron chi connectivity index (χ3n) is 3.78. The summed E-state index contributed by atoms with van der Waals surface area (Å²) in [4.78, 5) is 13.3. The van der Waals surface area contributed by atoms with E-state index in [4.69, 9.17) is 4.74 Å². The lowest BCUT2D eigenvalue weighted by Gasteiger charge is -2.31. The van der Waals surface area contributed by atoms with Crippen molar-refractivity contribution in [1.82, 2.24) is 10.6 Å². The van der Waals surface area contributed by atoms with Crippen LogP contribution < -0.4 is 10.6 Å². The summed E-state index contributed by atoms with van der Waals surface area (Å²) >= 11 is 1.81. The topological polar surface area (TPSA) is 50.4 Å². The smallest absolute Gasteiger partial charge is 0.407 e. The molecule has 1 fully saturated rings. The van der Waals surface area contributed by atoms with E-state index in [0.717, 1.165) is 32.2 Å². The first-order valence-corrected chi connectivity index (χ1v) is 9.05. The number of carbonyl (C=O) groups excluding carboxylic acids is 1. The van der Waals surface area contributed by atoms with E-state index in [1.807, 2.05) is 32.1 Å². The van der Waals surface area contributed by atoms with Crippen LogP contribution in [0.2, 0.25) is 0 Å². The van der Waals surface area contributed by atoms with Crippen molar-refractivity contribution in [2.75, 3.05) is 6.54 Å². The maximum atomic E-state index is 11.9. The number of nitrogens with one attached hydrogen (secondary N) is 2. The molecule has 2 atom stereocenters. The second-order valence-electron chi connectivity index (χ2n) is 6.99. The molecule has 2 unspecified atom stereocenters. The quantitative estimate of drug-likeness (QED) is 0.868. The number of carbonyl (C=O) groups is 1. The molecule has 0 aromatic carbocycles. The molecule has 0 aliphatic heterocycles. The molecule has 1 aliphatic rings. The molecule has 1 aromatic rings. The lowest BCUT2D eigenvalue weighted by Crippen LogP contribution is -2.45. The fraction of sp³-hybridized carbons (Fsp3) is 0.706. The Kier molecular flexibility index (Phi) is 6.26. The summed E-state index contributed by atoms with van der Waals surface area (Å²) in [5, 5.41) is 8.76. The second-order valence-corrected chi connectivity index (χ2v) is 8.02. The van der Waals surface area contributed by atoms with E-state index < -0.39 is 5.60 Å². The molecular formula is C17H28N2O2S. The molecule has 2 rings (SSSR count). The predicted octanol–water partition coefficient (Wildman–Crippen LogP) is 3.72. The molecule has 0 radical (unpaired) electrons. The molecule has 1 heterocycles. The highest BCUT2D eigenvalue weighted by atomic mass is 32.1. The Hall–Kier alpha value is -1.07. The van der Waals surface area contributed by atoms with Crippen molar-refractivity contribution in [3.05, 3.63) is 22.4 Å². The largest absolute Gasteiger partial charge is 0.444 e. The number of hydrogen-bond donors (Lipinski definition) is 2. The van der Waals surface area contributed by atoms with E-state index >= 15 is 0 Å². The number of amides is 1. The second kappa shape index (κ2) is 7.97.